The van der Waals surface area contributed by atoms with Crippen LogP contribution in [0.4, 0.5) is 13.2 Å². The minimum absolute atomic E-state index is 0.171. The third-order valence-electron chi connectivity index (χ3n) is 2.07. The monoisotopic (exact) mass is 232 g/mol. The van der Waals surface area contributed by atoms with Gasteiger partial charge in [-0.05, 0) is 37.1 Å². The van der Waals surface area contributed by atoms with Crippen LogP contribution in [0.2, 0.25) is 0 Å². The summed E-state index contributed by atoms with van der Waals surface area (Å²) in [6.45, 7) is 3.14. The lowest BCUT2D eigenvalue weighted by Crippen LogP contribution is -2.17. The van der Waals surface area contributed by atoms with Gasteiger partial charge in [-0.2, -0.15) is 0 Å². The molecule has 1 rings (SSSR count). The molecule has 0 radical (unpaired) electrons. The molecule has 1 aromatic carbocycles. The van der Waals surface area contributed by atoms with E-state index in [1.54, 1.807) is 6.92 Å². The molecule has 0 bridgehead atoms. The number of alkyl halides is 3. The largest absolute Gasteiger partial charge is 0.573 e. The average Bonchev–Trinajstić information content (AvgIpc) is 2.14. The summed E-state index contributed by atoms with van der Waals surface area (Å²) in [5, 5.41) is 0. The second-order valence-corrected chi connectivity index (χ2v) is 3.28. The lowest BCUT2D eigenvalue weighted by molar-refractivity contribution is -0.274. The first-order valence-electron chi connectivity index (χ1n) is 4.73. The molecule has 2 nitrogen and oxygen atoms in total. The molecule has 0 aliphatic heterocycles. The van der Waals surface area contributed by atoms with E-state index in [1.807, 2.05) is 0 Å². The Morgan fingerprint density at radius 3 is 2.44 bits per heavy atom. The third-order valence-corrected chi connectivity index (χ3v) is 2.07. The molecule has 0 saturated carbocycles. The molecule has 0 atom stereocenters. The molecule has 0 aliphatic carbocycles. The minimum Gasteiger partial charge on any atom is -0.406 e. The van der Waals surface area contributed by atoms with Gasteiger partial charge in [0.1, 0.15) is 5.75 Å². The molecule has 0 saturated heterocycles. The first-order chi connectivity index (χ1) is 7.33. The van der Waals surface area contributed by atoms with Crippen LogP contribution in [-0.4, -0.2) is 12.1 Å². The summed E-state index contributed by atoms with van der Waals surface area (Å²) < 4.78 is 39.6. The topological polar surface area (TPSA) is 26.3 Å². The first-order valence-corrected chi connectivity index (χ1v) is 4.73. The van der Waals surface area contributed by atoms with Crippen molar-refractivity contribution in [1.29, 1.82) is 0 Å². The molecular formula is C11H11F3O2. The van der Waals surface area contributed by atoms with Gasteiger partial charge in [-0.15, -0.1) is 13.2 Å². The van der Waals surface area contributed by atoms with Crippen molar-refractivity contribution in [2.24, 2.45) is 0 Å². The molecule has 1 aromatic rings. The summed E-state index contributed by atoms with van der Waals surface area (Å²) >= 11 is 0. The van der Waals surface area contributed by atoms with Gasteiger partial charge in [0.05, 0.1) is 0 Å². The fourth-order valence-corrected chi connectivity index (χ4v) is 1.40. The van der Waals surface area contributed by atoms with Gasteiger partial charge < -0.3 is 4.74 Å². The number of benzene rings is 1. The average molecular weight is 232 g/mol. The van der Waals surface area contributed by atoms with Crippen molar-refractivity contribution in [1.82, 2.24) is 0 Å². The summed E-state index contributed by atoms with van der Waals surface area (Å²) in [7, 11) is 0. The fourth-order valence-electron chi connectivity index (χ4n) is 1.40. The molecule has 0 N–H and O–H groups in total. The summed E-state index contributed by atoms with van der Waals surface area (Å²) in [5.74, 6) is -0.468. The molecule has 5 heteroatoms. The quantitative estimate of drug-likeness (QED) is 0.747. The number of ketones is 1. The van der Waals surface area contributed by atoms with Crippen LogP contribution in [0.3, 0.4) is 0 Å². The molecule has 0 amide bonds. The number of carbonyl (C=O) groups is 1. The highest BCUT2D eigenvalue weighted by atomic mass is 19.4. The van der Waals surface area contributed by atoms with Gasteiger partial charge in [-0.3, -0.25) is 4.79 Å². The van der Waals surface area contributed by atoms with Gasteiger partial charge in [0, 0.05) is 5.56 Å². The highest BCUT2D eigenvalue weighted by Crippen LogP contribution is 2.25. The van der Waals surface area contributed by atoms with Crippen molar-refractivity contribution in [2.45, 2.75) is 26.6 Å². The molecule has 0 aromatic heterocycles. The zero-order chi connectivity index (χ0) is 12.3. The van der Waals surface area contributed by atoms with Crippen LogP contribution in [0.5, 0.6) is 5.75 Å². The van der Waals surface area contributed by atoms with E-state index in [-0.39, 0.29) is 11.5 Å². The standard InChI is InChI=1S/C11H11F3O2/c1-3-8-6-9(16-11(12,13)14)4-5-10(8)7(2)15/h4-6H,3H2,1-2H3. The Bertz CT molecular complexity index is 397. The van der Waals surface area contributed by atoms with Crippen LogP contribution >= 0.6 is 0 Å². The number of hydrogen-bond donors (Lipinski definition) is 0. The maximum atomic E-state index is 11.9. The minimum atomic E-state index is -4.71. The van der Waals surface area contributed by atoms with Gasteiger partial charge >= 0.3 is 6.36 Å². The van der Waals surface area contributed by atoms with Gasteiger partial charge in [-0.1, -0.05) is 6.92 Å². The van der Waals surface area contributed by atoms with Crippen molar-refractivity contribution in [2.75, 3.05) is 0 Å². The summed E-state index contributed by atoms with van der Waals surface area (Å²) in [6.07, 6.45) is -4.23. The number of Topliss-reactive ketones (excluding diaryl/α,β-unsaturated/α-hetero) is 1. The molecule has 0 unspecified atom stereocenters. The Morgan fingerprint density at radius 1 is 1.38 bits per heavy atom. The highest BCUT2D eigenvalue weighted by molar-refractivity contribution is 5.95. The number of rotatable bonds is 3. The number of aryl methyl sites for hydroxylation is 1. The van der Waals surface area contributed by atoms with Crippen LogP contribution in [0.25, 0.3) is 0 Å². The van der Waals surface area contributed by atoms with E-state index < -0.39 is 6.36 Å². The summed E-state index contributed by atoms with van der Waals surface area (Å²) in [6, 6.07) is 3.73. The Morgan fingerprint density at radius 2 is 2.00 bits per heavy atom. The van der Waals surface area contributed by atoms with E-state index in [9.17, 15) is 18.0 Å². The molecule has 16 heavy (non-hydrogen) atoms. The number of carbonyl (C=O) groups excluding carboxylic acids is 1. The van der Waals surface area contributed by atoms with E-state index in [4.69, 9.17) is 0 Å². The maximum Gasteiger partial charge on any atom is 0.573 e. The molecular weight excluding hydrogens is 221 g/mol. The number of hydrogen-bond acceptors (Lipinski definition) is 2. The van der Waals surface area contributed by atoms with Gasteiger partial charge in [0.25, 0.3) is 0 Å². The summed E-state index contributed by atoms with van der Waals surface area (Å²) in [4.78, 5) is 11.2. The maximum absolute atomic E-state index is 11.9. The van der Waals surface area contributed by atoms with Crippen molar-refractivity contribution < 1.29 is 22.7 Å². The first kappa shape index (κ1) is 12.5. The predicted octanol–water partition coefficient (Wildman–Crippen LogP) is 3.35. The van der Waals surface area contributed by atoms with Crippen molar-refractivity contribution in [3.63, 3.8) is 0 Å². The van der Waals surface area contributed by atoms with Crippen molar-refractivity contribution >= 4 is 5.78 Å². The van der Waals surface area contributed by atoms with Gasteiger partial charge in [-0.25, -0.2) is 0 Å². The highest BCUT2D eigenvalue weighted by Gasteiger charge is 2.31. The molecule has 88 valence electrons. The molecule has 0 aliphatic rings. The molecule has 0 heterocycles. The van der Waals surface area contributed by atoms with E-state index in [1.165, 1.54) is 19.1 Å². The Labute approximate surface area is 91.0 Å². The summed E-state index contributed by atoms with van der Waals surface area (Å²) in [5.41, 5.74) is 0.978. The third kappa shape index (κ3) is 3.25. The predicted molar refractivity (Wildman–Crippen MR) is 52.5 cm³/mol. The van der Waals surface area contributed by atoms with Crippen molar-refractivity contribution in [3.05, 3.63) is 29.3 Å². The van der Waals surface area contributed by atoms with Crippen LogP contribution in [0.15, 0.2) is 18.2 Å². The van der Waals surface area contributed by atoms with E-state index >= 15 is 0 Å². The fraction of sp³-hybridized carbons (Fsp3) is 0.364. The Balaban J connectivity index is 3.05. The second kappa shape index (κ2) is 4.55. The van der Waals surface area contributed by atoms with Crippen LogP contribution in [0.1, 0.15) is 29.8 Å². The van der Waals surface area contributed by atoms with E-state index in [2.05, 4.69) is 4.74 Å². The zero-order valence-electron chi connectivity index (χ0n) is 8.89. The molecule has 0 spiro atoms. The SMILES string of the molecule is CCc1cc(OC(F)(F)F)ccc1C(C)=O. The Kier molecular flexibility index (Phi) is 3.57. The van der Waals surface area contributed by atoms with Crippen molar-refractivity contribution in [3.8, 4) is 5.75 Å². The van der Waals surface area contributed by atoms with Crippen LogP contribution < -0.4 is 4.74 Å². The van der Waals surface area contributed by atoms with Gasteiger partial charge in [0.2, 0.25) is 0 Å². The molecule has 0 fully saturated rings. The van der Waals surface area contributed by atoms with E-state index in [0.717, 1.165) is 6.07 Å². The normalized spacial score (nSPS) is 11.3. The lowest BCUT2D eigenvalue weighted by Gasteiger charge is -2.11. The van der Waals surface area contributed by atoms with Crippen LogP contribution in [-0.2, 0) is 6.42 Å². The van der Waals surface area contributed by atoms with Crippen LogP contribution in [0, 0.1) is 0 Å². The van der Waals surface area contributed by atoms with E-state index in [0.29, 0.717) is 17.5 Å². The number of ether oxygens (including phenoxy) is 1. The zero-order valence-corrected chi connectivity index (χ0v) is 8.89. The van der Waals surface area contributed by atoms with Gasteiger partial charge in [0.15, 0.2) is 5.78 Å². The lowest BCUT2D eigenvalue weighted by atomic mass is 10.0. The Hall–Kier alpha value is -1.52. The smallest absolute Gasteiger partial charge is 0.406 e. The second-order valence-electron chi connectivity index (χ2n) is 3.28. The number of halogens is 3.